The van der Waals surface area contributed by atoms with E-state index in [1.165, 1.54) is 12.1 Å². The topological polar surface area (TPSA) is 102 Å². The summed E-state index contributed by atoms with van der Waals surface area (Å²) in [6.45, 7) is 5.20. The third-order valence-corrected chi connectivity index (χ3v) is 2.88. The third kappa shape index (κ3) is 5.24. The van der Waals surface area contributed by atoms with Crippen molar-refractivity contribution in [3.05, 3.63) is 28.8 Å². The number of carboxylic acids is 1. The minimum atomic E-state index is -1.03. The highest BCUT2D eigenvalue weighted by Gasteiger charge is 2.20. The number of carboxylic acid groups (broad SMARTS) is 1. The van der Waals surface area contributed by atoms with Crippen LogP contribution in [0.15, 0.2) is 18.2 Å². The molecule has 1 aromatic rings. The van der Waals surface area contributed by atoms with Gasteiger partial charge in [-0.15, -0.1) is 0 Å². The van der Waals surface area contributed by atoms with E-state index in [-0.39, 0.29) is 11.6 Å². The zero-order valence-corrected chi connectivity index (χ0v) is 12.9. The summed E-state index contributed by atoms with van der Waals surface area (Å²) in [5.41, 5.74) is 5.63. The minimum absolute atomic E-state index is 0.0372. The van der Waals surface area contributed by atoms with Crippen molar-refractivity contribution in [2.45, 2.75) is 32.3 Å². The Morgan fingerprint density at radius 3 is 2.48 bits per heavy atom. The summed E-state index contributed by atoms with van der Waals surface area (Å²) in [6, 6.07) is 4.55. The van der Waals surface area contributed by atoms with Crippen molar-refractivity contribution in [3.8, 4) is 0 Å². The number of benzene rings is 1. The molecule has 1 atom stereocenters. The van der Waals surface area contributed by atoms with E-state index in [0.717, 1.165) is 0 Å². The van der Waals surface area contributed by atoms with Gasteiger partial charge in [-0.1, -0.05) is 17.7 Å². The number of nitrogens with two attached hydrogens (primary N) is 1. The molecule has 0 saturated carbocycles. The first-order valence-corrected chi connectivity index (χ1v) is 6.74. The lowest BCUT2D eigenvalue weighted by Crippen LogP contribution is -2.27. The Hall–Kier alpha value is -1.79. The summed E-state index contributed by atoms with van der Waals surface area (Å²) in [5, 5.41) is 11.8. The lowest BCUT2D eigenvalue weighted by Gasteiger charge is -2.20. The van der Waals surface area contributed by atoms with E-state index in [0.29, 0.717) is 11.3 Å². The monoisotopic (exact) mass is 314 g/mol. The van der Waals surface area contributed by atoms with Crippen LogP contribution in [0.3, 0.4) is 0 Å². The second-order valence-corrected chi connectivity index (χ2v) is 5.90. The number of amides is 1. The molecule has 4 N–H and O–H groups in total. The number of nitrogens with one attached hydrogen (secondary N) is 1. The van der Waals surface area contributed by atoms with Gasteiger partial charge < -0.3 is 15.6 Å². The molecule has 0 fully saturated rings. The normalized spacial score (nSPS) is 12.6. The number of carbonyl (C=O) groups excluding carboxylic acids is 1. The van der Waals surface area contributed by atoms with Gasteiger partial charge in [0.25, 0.3) is 0 Å². The van der Waals surface area contributed by atoms with Crippen LogP contribution in [0.1, 0.15) is 32.3 Å². The summed E-state index contributed by atoms with van der Waals surface area (Å²) >= 11 is 6.05. The van der Waals surface area contributed by atoms with Crippen LogP contribution in [-0.2, 0) is 9.53 Å². The van der Waals surface area contributed by atoms with Crippen LogP contribution in [0, 0.1) is 0 Å². The standard InChI is InChI=1S/C14H19ClN2O4/c1-14(2,3)21-13(20)17-11-5-4-8(6-10(11)15)9(7-16)12(18)19/h4-6,9H,7,16H2,1-3H3,(H,17,20)(H,18,19). The molecule has 0 radical (unpaired) electrons. The molecule has 1 aromatic carbocycles. The zero-order chi connectivity index (χ0) is 16.2. The van der Waals surface area contributed by atoms with Crippen molar-refractivity contribution >= 4 is 29.4 Å². The van der Waals surface area contributed by atoms with Crippen molar-refractivity contribution in [2.75, 3.05) is 11.9 Å². The molecule has 116 valence electrons. The smallest absolute Gasteiger partial charge is 0.412 e. The van der Waals surface area contributed by atoms with Gasteiger partial charge in [0, 0.05) is 6.54 Å². The van der Waals surface area contributed by atoms with E-state index in [4.69, 9.17) is 27.2 Å². The van der Waals surface area contributed by atoms with Crippen molar-refractivity contribution in [3.63, 3.8) is 0 Å². The first-order valence-electron chi connectivity index (χ1n) is 6.36. The van der Waals surface area contributed by atoms with Crippen LogP contribution < -0.4 is 11.1 Å². The molecule has 0 heterocycles. The fraction of sp³-hybridized carbons (Fsp3) is 0.429. The number of rotatable bonds is 4. The van der Waals surface area contributed by atoms with Crippen LogP contribution in [0.25, 0.3) is 0 Å². The van der Waals surface area contributed by atoms with E-state index >= 15 is 0 Å². The molecule has 0 aromatic heterocycles. The van der Waals surface area contributed by atoms with Gasteiger partial charge in [-0.3, -0.25) is 10.1 Å². The van der Waals surface area contributed by atoms with Crippen LogP contribution in [0.2, 0.25) is 5.02 Å². The second-order valence-electron chi connectivity index (χ2n) is 5.49. The molecule has 0 spiro atoms. The van der Waals surface area contributed by atoms with E-state index in [2.05, 4.69) is 5.32 Å². The molecule has 0 aliphatic carbocycles. The van der Waals surface area contributed by atoms with Crippen molar-refractivity contribution in [1.82, 2.24) is 0 Å². The Balaban J connectivity index is 2.88. The number of anilines is 1. The van der Waals surface area contributed by atoms with Crippen LogP contribution in [-0.4, -0.2) is 29.3 Å². The molecular weight excluding hydrogens is 296 g/mol. The maximum absolute atomic E-state index is 11.7. The molecular formula is C14H19ClN2O4. The number of aliphatic carboxylic acids is 1. The van der Waals surface area contributed by atoms with E-state index < -0.39 is 23.6 Å². The minimum Gasteiger partial charge on any atom is -0.481 e. The van der Waals surface area contributed by atoms with Gasteiger partial charge >= 0.3 is 12.1 Å². The maximum Gasteiger partial charge on any atom is 0.412 e. The molecule has 0 bridgehead atoms. The highest BCUT2D eigenvalue weighted by molar-refractivity contribution is 6.33. The number of halogens is 1. The number of carbonyl (C=O) groups is 2. The Kier molecular flexibility index (Phi) is 5.57. The fourth-order valence-electron chi connectivity index (χ4n) is 1.64. The third-order valence-electron chi connectivity index (χ3n) is 2.56. The van der Waals surface area contributed by atoms with Crippen LogP contribution in [0.4, 0.5) is 10.5 Å². The SMILES string of the molecule is CC(C)(C)OC(=O)Nc1ccc(C(CN)C(=O)O)cc1Cl. The molecule has 7 heteroatoms. The summed E-state index contributed by atoms with van der Waals surface area (Å²) < 4.78 is 5.11. The van der Waals surface area contributed by atoms with Gasteiger partial charge in [0.1, 0.15) is 5.60 Å². The lowest BCUT2D eigenvalue weighted by atomic mass is 9.99. The summed E-state index contributed by atoms with van der Waals surface area (Å²) in [5.74, 6) is -1.86. The summed E-state index contributed by atoms with van der Waals surface area (Å²) in [7, 11) is 0. The summed E-state index contributed by atoms with van der Waals surface area (Å²) in [6.07, 6.45) is -0.634. The molecule has 21 heavy (non-hydrogen) atoms. The average molecular weight is 315 g/mol. The Bertz CT molecular complexity index is 540. The van der Waals surface area contributed by atoms with Crippen molar-refractivity contribution < 1.29 is 19.4 Å². The number of hydrogen-bond acceptors (Lipinski definition) is 4. The molecule has 1 unspecified atom stereocenters. The Labute approximate surface area is 128 Å². The molecule has 1 amide bonds. The molecule has 0 aliphatic rings. The second kappa shape index (κ2) is 6.78. The fourth-order valence-corrected chi connectivity index (χ4v) is 1.88. The van der Waals surface area contributed by atoms with Gasteiger partial charge in [0.15, 0.2) is 0 Å². The van der Waals surface area contributed by atoms with Gasteiger partial charge in [0.05, 0.1) is 16.6 Å². The predicted molar refractivity (Wildman–Crippen MR) is 80.7 cm³/mol. The molecule has 0 aliphatic heterocycles. The number of hydrogen-bond donors (Lipinski definition) is 3. The Morgan fingerprint density at radius 2 is 2.05 bits per heavy atom. The molecule has 1 rings (SSSR count). The maximum atomic E-state index is 11.7. The predicted octanol–water partition coefficient (Wildman–Crippen LogP) is 2.81. The van der Waals surface area contributed by atoms with Crippen molar-refractivity contribution in [1.29, 1.82) is 0 Å². The first-order chi connectivity index (χ1) is 9.64. The summed E-state index contributed by atoms with van der Waals surface area (Å²) in [4.78, 5) is 22.7. The zero-order valence-electron chi connectivity index (χ0n) is 12.1. The van der Waals surface area contributed by atoms with Crippen molar-refractivity contribution in [2.24, 2.45) is 5.73 Å². The van der Waals surface area contributed by atoms with E-state index in [1.807, 2.05) is 0 Å². The molecule has 6 nitrogen and oxygen atoms in total. The van der Waals surface area contributed by atoms with Crippen LogP contribution >= 0.6 is 11.6 Å². The first kappa shape index (κ1) is 17.3. The van der Waals surface area contributed by atoms with Gasteiger partial charge in [-0.05, 0) is 38.5 Å². The Morgan fingerprint density at radius 1 is 1.43 bits per heavy atom. The van der Waals surface area contributed by atoms with Gasteiger partial charge in [-0.25, -0.2) is 4.79 Å². The largest absolute Gasteiger partial charge is 0.481 e. The quantitative estimate of drug-likeness (QED) is 0.793. The van der Waals surface area contributed by atoms with E-state index in [1.54, 1.807) is 26.8 Å². The average Bonchev–Trinajstić information content (AvgIpc) is 2.30. The van der Waals surface area contributed by atoms with Crippen LogP contribution in [0.5, 0.6) is 0 Å². The van der Waals surface area contributed by atoms with E-state index in [9.17, 15) is 9.59 Å². The van der Waals surface area contributed by atoms with Gasteiger partial charge in [-0.2, -0.15) is 0 Å². The molecule has 0 saturated heterocycles. The highest BCUT2D eigenvalue weighted by Crippen LogP contribution is 2.27. The lowest BCUT2D eigenvalue weighted by molar-refractivity contribution is -0.138. The van der Waals surface area contributed by atoms with Gasteiger partial charge in [0.2, 0.25) is 0 Å². The number of ether oxygens (including phenoxy) is 1. The highest BCUT2D eigenvalue weighted by atomic mass is 35.5.